The van der Waals surface area contributed by atoms with E-state index in [1.54, 1.807) is 0 Å². The first-order chi connectivity index (χ1) is 16.1. The second-order valence-electron chi connectivity index (χ2n) is 8.92. The molecular weight excluding hydrogens is 410 g/mol. The van der Waals surface area contributed by atoms with Crippen molar-refractivity contribution in [2.45, 2.75) is 32.4 Å². The van der Waals surface area contributed by atoms with Gasteiger partial charge < -0.3 is 9.88 Å². The van der Waals surface area contributed by atoms with E-state index in [0.717, 1.165) is 24.1 Å². The lowest BCUT2D eigenvalue weighted by molar-refractivity contribution is -0.121. The van der Waals surface area contributed by atoms with Crippen molar-refractivity contribution in [3.05, 3.63) is 94.1 Å². The molecule has 1 fully saturated rings. The number of rotatable bonds is 6. The topological polar surface area (TPSA) is 54.3 Å². The van der Waals surface area contributed by atoms with E-state index in [1.807, 2.05) is 53.1 Å². The van der Waals surface area contributed by atoms with E-state index < -0.39 is 0 Å². The van der Waals surface area contributed by atoms with E-state index in [9.17, 15) is 9.59 Å². The van der Waals surface area contributed by atoms with Crippen LogP contribution in [0, 0.1) is 6.92 Å². The first-order valence-electron chi connectivity index (χ1n) is 11.7. The number of pyridine rings is 1. The molecule has 0 radical (unpaired) electrons. The van der Waals surface area contributed by atoms with Gasteiger partial charge in [-0.25, -0.2) is 0 Å². The van der Waals surface area contributed by atoms with Crippen LogP contribution in [0.3, 0.4) is 0 Å². The van der Waals surface area contributed by atoms with Gasteiger partial charge in [-0.15, -0.1) is 0 Å². The number of hydrogen-bond donors (Lipinski definition) is 1. The van der Waals surface area contributed by atoms with Crippen LogP contribution in [0.1, 0.15) is 30.0 Å². The van der Waals surface area contributed by atoms with E-state index in [0.29, 0.717) is 17.3 Å². The molecule has 5 heteroatoms. The molecule has 5 rings (SSSR count). The van der Waals surface area contributed by atoms with E-state index in [1.165, 1.54) is 24.0 Å². The molecule has 168 valence electrons. The van der Waals surface area contributed by atoms with Gasteiger partial charge in [0, 0.05) is 17.3 Å². The highest BCUT2D eigenvalue weighted by Crippen LogP contribution is 2.25. The zero-order chi connectivity index (χ0) is 22.8. The van der Waals surface area contributed by atoms with Gasteiger partial charge in [0.25, 0.3) is 0 Å². The third kappa shape index (κ3) is 4.29. The van der Waals surface area contributed by atoms with Gasteiger partial charge in [-0.2, -0.15) is 0 Å². The van der Waals surface area contributed by atoms with Crippen molar-refractivity contribution in [3.8, 4) is 0 Å². The molecule has 0 saturated carbocycles. The SMILES string of the molecule is Cc1ccc(C(CNC(=O)Cn2c3ccccc3c(=O)c3ccccc32)N2CCCC2)cc1. The van der Waals surface area contributed by atoms with Crippen LogP contribution in [0.15, 0.2) is 77.6 Å². The molecule has 0 aliphatic carbocycles. The molecule has 1 saturated heterocycles. The third-order valence-electron chi connectivity index (χ3n) is 6.72. The fourth-order valence-corrected chi connectivity index (χ4v) is 4.96. The standard InChI is InChI=1S/C28H29N3O2/c1-20-12-14-21(15-13-20)26(30-16-6-7-17-30)18-29-27(32)19-31-24-10-4-2-8-22(24)28(33)23-9-3-5-11-25(23)31/h2-5,8-15,26H,6-7,16-19H2,1H3,(H,29,32). The fourth-order valence-electron chi connectivity index (χ4n) is 4.96. The first-order valence-corrected chi connectivity index (χ1v) is 11.7. The number of carbonyl (C=O) groups excluding carboxylic acids is 1. The quantitative estimate of drug-likeness (QED) is 0.453. The molecule has 1 aliphatic rings. The number of hydrogen-bond acceptors (Lipinski definition) is 3. The molecule has 1 amide bonds. The monoisotopic (exact) mass is 439 g/mol. The number of benzene rings is 3. The van der Waals surface area contributed by atoms with Crippen molar-refractivity contribution < 1.29 is 4.79 Å². The number of nitrogens with zero attached hydrogens (tertiary/aromatic N) is 2. The van der Waals surface area contributed by atoms with Crippen LogP contribution in [0.4, 0.5) is 0 Å². The highest BCUT2D eigenvalue weighted by Gasteiger charge is 2.24. The molecule has 0 bridgehead atoms. The maximum atomic E-state index is 13.2. The minimum atomic E-state index is -0.0507. The molecule has 33 heavy (non-hydrogen) atoms. The third-order valence-corrected chi connectivity index (χ3v) is 6.72. The van der Waals surface area contributed by atoms with Crippen LogP contribution in [-0.4, -0.2) is 35.0 Å². The molecular formula is C28H29N3O2. The van der Waals surface area contributed by atoms with E-state index >= 15 is 0 Å². The lowest BCUT2D eigenvalue weighted by Crippen LogP contribution is -2.38. The van der Waals surface area contributed by atoms with Crippen molar-refractivity contribution in [2.75, 3.05) is 19.6 Å². The number of aromatic nitrogens is 1. The van der Waals surface area contributed by atoms with Gasteiger partial charge in [-0.3, -0.25) is 14.5 Å². The number of amides is 1. The molecule has 1 N–H and O–H groups in total. The first kappa shape index (κ1) is 21.4. The van der Waals surface area contributed by atoms with Crippen LogP contribution >= 0.6 is 0 Å². The summed E-state index contributed by atoms with van der Waals surface area (Å²) in [5, 5.41) is 4.46. The van der Waals surface area contributed by atoms with Gasteiger partial charge >= 0.3 is 0 Å². The number of fused-ring (bicyclic) bond motifs is 2. The summed E-state index contributed by atoms with van der Waals surface area (Å²) in [4.78, 5) is 28.6. The molecule has 1 atom stereocenters. The van der Waals surface area contributed by atoms with Gasteiger partial charge in [0.2, 0.25) is 5.91 Å². The Morgan fingerprint density at radius 1 is 0.879 bits per heavy atom. The Balaban J connectivity index is 1.42. The Kier molecular flexibility index (Phi) is 5.97. The lowest BCUT2D eigenvalue weighted by atomic mass is 10.0. The molecule has 4 aromatic rings. The molecule has 1 unspecified atom stereocenters. The van der Waals surface area contributed by atoms with Crippen molar-refractivity contribution >= 4 is 27.7 Å². The minimum absolute atomic E-state index is 0.00586. The average Bonchev–Trinajstić information content (AvgIpc) is 3.38. The van der Waals surface area contributed by atoms with Gasteiger partial charge in [-0.1, -0.05) is 54.1 Å². The summed E-state index contributed by atoms with van der Waals surface area (Å²) < 4.78 is 1.96. The van der Waals surface area contributed by atoms with E-state index in [-0.39, 0.29) is 23.9 Å². The van der Waals surface area contributed by atoms with E-state index in [4.69, 9.17) is 0 Å². The normalized spacial score (nSPS) is 15.2. The Bertz CT molecular complexity index is 1290. The number of carbonyl (C=O) groups is 1. The van der Waals surface area contributed by atoms with Crippen molar-refractivity contribution in [2.24, 2.45) is 0 Å². The average molecular weight is 440 g/mol. The number of para-hydroxylation sites is 2. The maximum absolute atomic E-state index is 13.2. The lowest BCUT2D eigenvalue weighted by Gasteiger charge is -2.28. The largest absolute Gasteiger partial charge is 0.353 e. The van der Waals surface area contributed by atoms with Crippen LogP contribution in [0.25, 0.3) is 21.8 Å². The summed E-state index contributed by atoms with van der Waals surface area (Å²) in [6, 6.07) is 23.8. The number of nitrogens with one attached hydrogen (secondary N) is 1. The summed E-state index contributed by atoms with van der Waals surface area (Å²) in [5.41, 5.74) is 4.05. The number of aryl methyl sites for hydroxylation is 1. The minimum Gasteiger partial charge on any atom is -0.353 e. The second kappa shape index (κ2) is 9.20. The molecule has 2 heterocycles. The Morgan fingerprint density at radius 2 is 1.45 bits per heavy atom. The highest BCUT2D eigenvalue weighted by molar-refractivity contribution is 5.94. The predicted octanol–water partition coefficient (Wildman–Crippen LogP) is 4.42. The zero-order valence-corrected chi connectivity index (χ0v) is 19.0. The zero-order valence-electron chi connectivity index (χ0n) is 19.0. The molecule has 3 aromatic carbocycles. The summed E-state index contributed by atoms with van der Waals surface area (Å²) >= 11 is 0. The molecule has 5 nitrogen and oxygen atoms in total. The van der Waals surface area contributed by atoms with Crippen LogP contribution in [-0.2, 0) is 11.3 Å². The van der Waals surface area contributed by atoms with Gasteiger partial charge in [0.15, 0.2) is 5.43 Å². The van der Waals surface area contributed by atoms with Gasteiger partial charge in [-0.05, 0) is 62.7 Å². The predicted molar refractivity (Wildman–Crippen MR) is 133 cm³/mol. The van der Waals surface area contributed by atoms with Crippen molar-refractivity contribution in [1.82, 2.24) is 14.8 Å². The summed E-state index contributed by atoms with van der Waals surface area (Å²) in [6.45, 7) is 4.95. The summed E-state index contributed by atoms with van der Waals surface area (Å²) in [5.74, 6) is -0.0507. The second-order valence-corrected chi connectivity index (χ2v) is 8.92. The van der Waals surface area contributed by atoms with Crippen molar-refractivity contribution in [1.29, 1.82) is 0 Å². The summed E-state index contributed by atoms with van der Waals surface area (Å²) in [6.07, 6.45) is 2.40. The molecule has 1 aromatic heterocycles. The maximum Gasteiger partial charge on any atom is 0.240 e. The fraction of sp³-hybridized carbons (Fsp3) is 0.286. The van der Waals surface area contributed by atoms with Crippen LogP contribution in [0.2, 0.25) is 0 Å². The van der Waals surface area contributed by atoms with Crippen LogP contribution < -0.4 is 10.7 Å². The Morgan fingerprint density at radius 3 is 2.06 bits per heavy atom. The van der Waals surface area contributed by atoms with Gasteiger partial charge in [0.05, 0.1) is 17.1 Å². The summed E-state index contributed by atoms with van der Waals surface area (Å²) in [7, 11) is 0. The molecule has 1 aliphatic heterocycles. The smallest absolute Gasteiger partial charge is 0.240 e. The van der Waals surface area contributed by atoms with E-state index in [2.05, 4.69) is 41.4 Å². The van der Waals surface area contributed by atoms with Crippen LogP contribution in [0.5, 0.6) is 0 Å². The molecule has 0 spiro atoms. The highest BCUT2D eigenvalue weighted by atomic mass is 16.2. The Hall–Kier alpha value is -3.44. The Labute approximate surface area is 193 Å². The number of likely N-dealkylation sites (tertiary alicyclic amines) is 1. The van der Waals surface area contributed by atoms with Gasteiger partial charge in [0.1, 0.15) is 6.54 Å². The van der Waals surface area contributed by atoms with Crippen molar-refractivity contribution in [3.63, 3.8) is 0 Å².